The highest BCUT2D eigenvalue weighted by Crippen LogP contribution is 2.07. The first-order chi connectivity index (χ1) is 9.81. The summed E-state index contributed by atoms with van der Waals surface area (Å²) in [6, 6.07) is 7.55. The number of guanidine groups is 1. The molecule has 7 heteroatoms. The van der Waals surface area contributed by atoms with Crippen LogP contribution in [0.2, 0.25) is 0 Å². The number of furan rings is 1. The van der Waals surface area contributed by atoms with E-state index in [9.17, 15) is 0 Å². The van der Waals surface area contributed by atoms with Gasteiger partial charge in [-0.3, -0.25) is 9.98 Å². The van der Waals surface area contributed by atoms with Crippen LogP contribution in [-0.4, -0.2) is 25.1 Å². The molecule has 6 nitrogen and oxygen atoms in total. The number of halogens is 1. The fourth-order valence-corrected chi connectivity index (χ4v) is 1.62. The van der Waals surface area contributed by atoms with E-state index in [0.717, 1.165) is 17.2 Å². The van der Waals surface area contributed by atoms with Crippen LogP contribution in [-0.2, 0) is 13.1 Å². The van der Waals surface area contributed by atoms with Gasteiger partial charge < -0.3 is 19.8 Å². The predicted molar refractivity (Wildman–Crippen MR) is 92.0 cm³/mol. The lowest BCUT2D eigenvalue weighted by atomic mass is 10.3. The molecule has 0 saturated carbocycles. The first-order valence-electron chi connectivity index (χ1n) is 6.27. The molecular formula is C14H19IN4O2. The quantitative estimate of drug-likeness (QED) is 0.456. The molecule has 0 bridgehead atoms. The van der Waals surface area contributed by atoms with Crippen molar-refractivity contribution in [3.05, 3.63) is 48.2 Å². The molecule has 21 heavy (non-hydrogen) atoms. The van der Waals surface area contributed by atoms with Crippen LogP contribution in [0.4, 0.5) is 0 Å². The molecule has 0 saturated heterocycles. The third kappa shape index (κ3) is 5.62. The summed E-state index contributed by atoms with van der Waals surface area (Å²) in [4.78, 5) is 8.41. The lowest BCUT2D eigenvalue weighted by Crippen LogP contribution is -2.36. The largest absolute Gasteiger partial charge is 0.495 e. The minimum Gasteiger partial charge on any atom is -0.495 e. The molecule has 0 aliphatic carbocycles. The third-order valence-electron chi connectivity index (χ3n) is 2.70. The molecule has 0 aliphatic rings. The molecule has 0 aliphatic heterocycles. The Labute approximate surface area is 141 Å². The Morgan fingerprint density at radius 1 is 1.29 bits per heavy atom. The van der Waals surface area contributed by atoms with Crippen LogP contribution >= 0.6 is 24.0 Å². The van der Waals surface area contributed by atoms with Gasteiger partial charge in [0.25, 0.3) is 0 Å². The van der Waals surface area contributed by atoms with E-state index in [0.29, 0.717) is 19.0 Å². The smallest absolute Gasteiger partial charge is 0.191 e. The van der Waals surface area contributed by atoms with Crippen molar-refractivity contribution in [1.29, 1.82) is 0 Å². The van der Waals surface area contributed by atoms with Gasteiger partial charge in [-0.2, -0.15) is 0 Å². The van der Waals surface area contributed by atoms with Gasteiger partial charge in [0, 0.05) is 7.05 Å². The van der Waals surface area contributed by atoms with Gasteiger partial charge in [-0.25, -0.2) is 0 Å². The molecule has 114 valence electrons. The molecule has 0 spiro atoms. The maximum Gasteiger partial charge on any atom is 0.191 e. The van der Waals surface area contributed by atoms with Crippen LogP contribution in [0.3, 0.4) is 0 Å². The fraction of sp³-hybridized carbons (Fsp3) is 0.286. The standard InChI is InChI=1S/C14H18N4O2.HI/c1-15-14(18-10-13-4-3-7-20-13)17-8-11-5-6-12(19-2)9-16-11;/h3-7,9H,8,10H2,1-2H3,(H2,15,17,18);1H. The van der Waals surface area contributed by atoms with Gasteiger partial charge in [-0.15, -0.1) is 24.0 Å². The summed E-state index contributed by atoms with van der Waals surface area (Å²) in [5.74, 6) is 2.30. The minimum absolute atomic E-state index is 0. The Morgan fingerprint density at radius 3 is 2.67 bits per heavy atom. The van der Waals surface area contributed by atoms with Gasteiger partial charge in [0.2, 0.25) is 0 Å². The van der Waals surface area contributed by atoms with Gasteiger partial charge in [0.1, 0.15) is 11.5 Å². The van der Waals surface area contributed by atoms with Crippen LogP contribution in [0.1, 0.15) is 11.5 Å². The summed E-state index contributed by atoms with van der Waals surface area (Å²) in [5.41, 5.74) is 0.909. The summed E-state index contributed by atoms with van der Waals surface area (Å²) in [6.07, 6.45) is 3.34. The number of rotatable bonds is 5. The maximum atomic E-state index is 5.25. The summed E-state index contributed by atoms with van der Waals surface area (Å²) >= 11 is 0. The molecule has 0 radical (unpaired) electrons. The lowest BCUT2D eigenvalue weighted by molar-refractivity contribution is 0.412. The van der Waals surface area contributed by atoms with Crippen molar-refractivity contribution in [3.63, 3.8) is 0 Å². The van der Waals surface area contributed by atoms with Crippen molar-refractivity contribution < 1.29 is 9.15 Å². The second-order valence-corrected chi connectivity index (χ2v) is 4.05. The van der Waals surface area contributed by atoms with E-state index in [1.165, 1.54) is 0 Å². The van der Waals surface area contributed by atoms with E-state index >= 15 is 0 Å². The highest BCUT2D eigenvalue weighted by atomic mass is 127. The van der Waals surface area contributed by atoms with Crippen molar-refractivity contribution in [2.45, 2.75) is 13.1 Å². The normalized spacial score (nSPS) is 10.7. The molecule has 0 amide bonds. The van der Waals surface area contributed by atoms with E-state index < -0.39 is 0 Å². The van der Waals surface area contributed by atoms with Crippen LogP contribution in [0.5, 0.6) is 5.75 Å². The average molecular weight is 402 g/mol. The molecule has 2 N–H and O–H groups in total. The first kappa shape index (κ1) is 17.3. The Kier molecular flexibility index (Phi) is 7.59. The van der Waals surface area contributed by atoms with Crippen LogP contribution in [0.15, 0.2) is 46.1 Å². The van der Waals surface area contributed by atoms with Gasteiger partial charge in [0.15, 0.2) is 5.96 Å². The number of methoxy groups -OCH3 is 1. The third-order valence-corrected chi connectivity index (χ3v) is 2.70. The molecule has 2 aromatic heterocycles. The molecule has 2 aromatic rings. The Bertz CT molecular complexity index is 541. The molecule has 0 fully saturated rings. The zero-order valence-electron chi connectivity index (χ0n) is 12.0. The fourth-order valence-electron chi connectivity index (χ4n) is 1.62. The van der Waals surface area contributed by atoms with Gasteiger partial charge in [-0.05, 0) is 24.3 Å². The Morgan fingerprint density at radius 2 is 2.10 bits per heavy atom. The minimum atomic E-state index is 0. The van der Waals surface area contributed by atoms with E-state index in [1.54, 1.807) is 26.6 Å². The number of nitrogens with zero attached hydrogens (tertiary/aromatic N) is 2. The first-order valence-corrected chi connectivity index (χ1v) is 6.27. The van der Waals surface area contributed by atoms with Crippen LogP contribution < -0.4 is 15.4 Å². The second-order valence-electron chi connectivity index (χ2n) is 4.05. The predicted octanol–water partition coefficient (Wildman–Crippen LogP) is 2.17. The number of pyridine rings is 1. The SMILES string of the molecule is CN=C(NCc1ccc(OC)cn1)NCc1ccco1.I. The summed E-state index contributed by atoms with van der Waals surface area (Å²) in [5, 5.41) is 6.34. The molecule has 2 heterocycles. The van der Waals surface area contributed by atoms with E-state index in [4.69, 9.17) is 9.15 Å². The second kappa shape index (κ2) is 9.22. The summed E-state index contributed by atoms with van der Waals surface area (Å²) in [7, 11) is 3.34. The highest BCUT2D eigenvalue weighted by Gasteiger charge is 2.01. The zero-order chi connectivity index (χ0) is 14.2. The zero-order valence-corrected chi connectivity index (χ0v) is 14.3. The van der Waals surface area contributed by atoms with Gasteiger partial charge in [0.05, 0.1) is 38.4 Å². The number of hydrogen-bond acceptors (Lipinski definition) is 4. The lowest BCUT2D eigenvalue weighted by Gasteiger charge is -2.10. The van der Waals surface area contributed by atoms with Crippen molar-refractivity contribution >= 4 is 29.9 Å². The van der Waals surface area contributed by atoms with Crippen molar-refractivity contribution in [2.24, 2.45) is 4.99 Å². The van der Waals surface area contributed by atoms with Gasteiger partial charge in [-0.1, -0.05) is 0 Å². The monoisotopic (exact) mass is 402 g/mol. The Hall–Kier alpha value is -1.77. The van der Waals surface area contributed by atoms with Crippen molar-refractivity contribution in [2.75, 3.05) is 14.2 Å². The number of aromatic nitrogens is 1. The molecular weight excluding hydrogens is 383 g/mol. The summed E-state index contributed by atoms with van der Waals surface area (Å²) in [6.45, 7) is 1.17. The highest BCUT2D eigenvalue weighted by molar-refractivity contribution is 14.0. The maximum absolute atomic E-state index is 5.25. The average Bonchev–Trinajstić information content (AvgIpc) is 3.01. The molecule has 0 unspecified atom stereocenters. The van der Waals surface area contributed by atoms with E-state index in [-0.39, 0.29) is 24.0 Å². The number of hydrogen-bond donors (Lipinski definition) is 2. The van der Waals surface area contributed by atoms with Crippen molar-refractivity contribution in [1.82, 2.24) is 15.6 Å². The van der Waals surface area contributed by atoms with Gasteiger partial charge >= 0.3 is 0 Å². The number of nitrogens with one attached hydrogen (secondary N) is 2. The molecule has 2 rings (SSSR count). The van der Waals surface area contributed by atoms with Crippen LogP contribution in [0, 0.1) is 0 Å². The number of aliphatic imine (C=N–C) groups is 1. The van der Waals surface area contributed by atoms with E-state index in [1.807, 2.05) is 24.3 Å². The Balaban J connectivity index is 0.00000220. The van der Waals surface area contributed by atoms with E-state index in [2.05, 4.69) is 20.6 Å². The van der Waals surface area contributed by atoms with Crippen LogP contribution in [0.25, 0.3) is 0 Å². The summed E-state index contributed by atoms with van der Waals surface area (Å²) < 4.78 is 10.3. The topological polar surface area (TPSA) is 71.7 Å². The molecule has 0 aromatic carbocycles. The molecule has 0 atom stereocenters. The number of ether oxygens (including phenoxy) is 1. The van der Waals surface area contributed by atoms with Crippen molar-refractivity contribution in [3.8, 4) is 5.75 Å².